The molecule has 0 saturated heterocycles. The van der Waals surface area contributed by atoms with Gasteiger partial charge in [-0.2, -0.15) is 0 Å². The Morgan fingerprint density at radius 2 is 2.19 bits per heavy atom. The highest BCUT2D eigenvalue weighted by Crippen LogP contribution is 2.28. The summed E-state index contributed by atoms with van der Waals surface area (Å²) in [5, 5.41) is 14.1. The Kier molecular flexibility index (Phi) is 5.82. The summed E-state index contributed by atoms with van der Waals surface area (Å²) in [6, 6.07) is 9.63. The number of aromatic amines is 1. The molecule has 140 valence electrons. The Morgan fingerprint density at radius 3 is 2.93 bits per heavy atom. The van der Waals surface area contributed by atoms with Gasteiger partial charge >= 0.3 is 0 Å². The highest BCUT2D eigenvalue weighted by Gasteiger charge is 2.14. The molecule has 0 saturated carbocycles. The third-order valence-electron chi connectivity index (χ3n) is 3.51. The number of hydrogen-bond donors (Lipinski definition) is 2. The lowest BCUT2D eigenvalue weighted by Crippen LogP contribution is -2.14. The van der Waals surface area contributed by atoms with Crippen LogP contribution < -0.4 is 10.1 Å². The molecule has 0 aliphatic rings. The fourth-order valence-corrected chi connectivity index (χ4v) is 3.22. The van der Waals surface area contributed by atoms with Crippen molar-refractivity contribution >= 4 is 51.7 Å². The van der Waals surface area contributed by atoms with E-state index in [-0.39, 0.29) is 22.4 Å². The number of carbonyl (C=O) groups is 1. The van der Waals surface area contributed by atoms with E-state index in [4.69, 9.17) is 16.3 Å². The molecule has 2 aromatic carbocycles. The maximum absolute atomic E-state index is 12.1. The largest absolute Gasteiger partial charge is 0.494 e. The Bertz CT molecular complexity index is 1010. The lowest BCUT2D eigenvalue weighted by Gasteiger charge is -2.05. The van der Waals surface area contributed by atoms with E-state index in [2.05, 4.69) is 15.3 Å². The summed E-state index contributed by atoms with van der Waals surface area (Å²) in [4.78, 5) is 30.0. The van der Waals surface area contributed by atoms with Gasteiger partial charge in [0.15, 0.2) is 5.16 Å². The van der Waals surface area contributed by atoms with Gasteiger partial charge in [-0.1, -0.05) is 23.4 Å². The summed E-state index contributed by atoms with van der Waals surface area (Å²) in [5.41, 5.74) is 1.64. The average Bonchev–Trinajstić information content (AvgIpc) is 3.04. The number of nitro groups is 1. The Morgan fingerprint density at radius 1 is 1.37 bits per heavy atom. The fourth-order valence-electron chi connectivity index (χ4n) is 2.35. The molecule has 0 aliphatic carbocycles. The van der Waals surface area contributed by atoms with Crippen LogP contribution in [0.5, 0.6) is 5.75 Å². The smallest absolute Gasteiger partial charge is 0.289 e. The van der Waals surface area contributed by atoms with Crippen LogP contribution in [0.2, 0.25) is 5.02 Å². The summed E-state index contributed by atoms with van der Waals surface area (Å²) >= 11 is 6.99. The van der Waals surface area contributed by atoms with Gasteiger partial charge in [-0.3, -0.25) is 14.9 Å². The number of thioether (sulfide) groups is 1. The normalized spacial score (nSPS) is 10.7. The molecule has 0 radical (unpaired) electrons. The minimum Gasteiger partial charge on any atom is -0.494 e. The number of ether oxygens (including phenoxy) is 1. The molecule has 2 N–H and O–H groups in total. The van der Waals surface area contributed by atoms with Gasteiger partial charge in [0.25, 0.3) is 5.69 Å². The number of nitro benzene ring substituents is 1. The number of H-pyrrole nitrogens is 1. The van der Waals surface area contributed by atoms with Crippen LogP contribution in [-0.4, -0.2) is 33.2 Å². The number of anilines is 1. The summed E-state index contributed by atoms with van der Waals surface area (Å²) in [6.07, 6.45) is 0. The SMILES string of the molecule is CCOc1ccc2nc(SCC(=O)Nc3ccc(Cl)c([N+](=O)[O-])c3)[nH]c2c1. The molecule has 0 aliphatic heterocycles. The van der Waals surface area contributed by atoms with Gasteiger partial charge in [0.1, 0.15) is 10.8 Å². The van der Waals surface area contributed by atoms with Crippen molar-refractivity contribution in [2.24, 2.45) is 0 Å². The average molecular weight is 407 g/mol. The molecule has 3 aromatic rings. The molecule has 1 amide bonds. The lowest BCUT2D eigenvalue weighted by atomic mass is 10.3. The van der Waals surface area contributed by atoms with Crippen LogP contribution in [0.3, 0.4) is 0 Å². The van der Waals surface area contributed by atoms with E-state index in [1.54, 1.807) is 0 Å². The predicted molar refractivity (Wildman–Crippen MR) is 105 cm³/mol. The summed E-state index contributed by atoms with van der Waals surface area (Å²) in [7, 11) is 0. The van der Waals surface area contributed by atoms with Gasteiger partial charge in [-0.25, -0.2) is 4.98 Å². The second-order valence-electron chi connectivity index (χ2n) is 5.41. The second-order valence-corrected chi connectivity index (χ2v) is 6.79. The van der Waals surface area contributed by atoms with Crippen molar-refractivity contribution in [1.29, 1.82) is 0 Å². The Hall–Kier alpha value is -2.78. The fraction of sp³-hybridized carbons (Fsp3) is 0.176. The molecule has 3 rings (SSSR count). The maximum Gasteiger partial charge on any atom is 0.289 e. The third kappa shape index (κ3) is 4.69. The van der Waals surface area contributed by atoms with Gasteiger partial charge < -0.3 is 15.0 Å². The minimum absolute atomic E-state index is 0.0149. The number of nitrogens with one attached hydrogen (secondary N) is 2. The minimum atomic E-state index is -0.600. The molecule has 0 spiro atoms. The number of fused-ring (bicyclic) bond motifs is 1. The van der Waals surface area contributed by atoms with Crippen molar-refractivity contribution in [3.63, 3.8) is 0 Å². The first-order chi connectivity index (χ1) is 13.0. The highest BCUT2D eigenvalue weighted by atomic mass is 35.5. The van der Waals surface area contributed by atoms with Crippen molar-refractivity contribution in [2.45, 2.75) is 12.1 Å². The molecule has 1 heterocycles. The summed E-state index contributed by atoms with van der Waals surface area (Å²) in [6.45, 7) is 2.48. The molecule has 0 atom stereocenters. The number of imidazole rings is 1. The number of hydrogen-bond acceptors (Lipinski definition) is 6. The molecule has 1 aromatic heterocycles. The third-order valence-corrected chi connectivity index (χ3v) is 4.70. The second kappa shape index (κ2) is 8.28. The van der Waals surface area contributed by atoms with E-state index in [9.17, 15) is 14.9 Å². The first-order valence-electron chi connectivity index (χ1n) is 7.95. The van der Waals surface area contributed by atoms with Crippen molar-refractivity contribution in [3.8, 4) is 5.75 Å². The van der Waals surface area contributed by atoms with E-state index in [1.807, 2.05) is 25.1 Å². The standard InChI is InChI=1S/C17H15ClN4O4S/c1-2-26-11-4-6-13-14(8-11)21-17(20-13)27-9-16(23)19-10-3-5-12(18)15(7-10)22(24)25/h3-8H,2,9H2,1H3,(H,19,23)(H,20,21). The first-order valence-corrected chi connectivity index (χ1v) is 9.31. The van der Waals surface area contributed by atoms with Crippen LogP contribution in [0.15, 0.2) is 41.6 Å². The van der Waals surface area contributed by atoms with Crippen molar-refractivity contribution in [3.05, 3.63) is 51.5 Å². The molecule has 0 unspecified atom stereocenters. The van der Waals surface area contributed by atoms with E-state index < -0.39 is 4.92 Å². The number of halogens is 1. The zero-order chi connectivity index (χ0) is 19.4. The van der Waals surface area contributed by atoms with Crippen molar-refractivity contribution in [1.82, 2.24) is 9.97 Å². The molecule has 8 nitrogen and oxygen atoms in total. The molecule has 0 bridgehead atoms. The summed E-state index contributed by atoms with van der Waals surface area (Å²) < 4.78 is 5.45. The molecule has 0 fully saturated rings. The quantitative estimate of drug-likeness (QED) is 0.344. The topological polar surface area (TPSA) is 110 Å². The zero-order valence-corrected chi connectivity index (χ0v) is 15.8. The van der Waals surface area contributed by atoms with Crippen LogP contribution in [0.1, 0.15) is 6.92 Å². The van der Waals surface area contributed by atoms with Crippen molar-refractivity contribution in [2.75, 3.05) is 17.7 Å². The Balaban J connectivity index is 1.63. The highest BCUT2D eigenvalue weighted by molar-refractivity contribution is 7.99. The van der Waals surface area contributed by atoms with Gasteiger partial charge in [-0.05, 0) is 31.2 Å². The predicted octanol–water partition coefficient (Wildman–Crippen LogP) is 4.25. The number of amides is 1. The number of aromatic nitrogens is 2. The van der Waals surface area contributed by atoms with E-state index in [0.29, 0.717) is 17.5 Å². The van der Waals surface area contributed by atoms with Gasteiger partial charge in [-0.15, -0.1) is 0 Å². The zero-order valence-electron chi connectivity index (χ0n) is 14.2. The monoisotopic (exact) mass is 406 g/mol. The Labute approximate surface area is 163 Å². The molecular formula is C17H15ClN4O4S. The van der Waals surface area contributed by atoms with Crippen LogP contribution in [-0.2, 0) is 4.79 Å². The van der Waals surface area contributed by atoms with E-state index >= 15 is 0 Å². The van der Waals surface area contributed by atoms with Crippen LogP contribution in [0.4, 0.5) is 11.4 Å². The molecule has 27 heavy (non-hydrogen) atoms. The van der Waals surface area contributed by atoms with Gasteiger partial charge in [0.05, 0.1) is 28.3 Å². The van der Waals surface area contributed by atoms with E-state index in [1.165, 1.54) is 30.0 Å². The van der Waals surface area contributed by atoms with Crippen LogP contribution in [0.25, 0.3) is 11.0 Å². The number of rotatable bonds is 7. The van der Waals surface area contributed by atoms with Crippen LogP contribution >= 0.6 is 23.4 Å². The first kappa shape index (κ1) is 19.0. The van der Waals surface area contributed by atoms with Gasteiger partial charge in [0.2, 0.25) is 5.91 Å². The molecule has 10 heteroatoms. The number of nitrogens with zero attached hydrogens (tertiary/aromatic N) is 2. The van der Waals surface area contributed by atoms with Crippen LogP contribution in [0, 0.1) is 10.1 Å². The maximum atomic E-state index is 12.1. The molecular weight excluding hydrogens is 392 g/mol. The van der Waals surface area contributed by atoms with E-state index in [0.717, 1.165) is 16.8 Å². The van der Waals surface area contributed by atoms with Gasteiger partial charge in [0, 0.05) is 17.8 Å². The lowest BCUT2D eigenvalue weighted by molar-refractivity contribution is -0.384. The summed E-state index contributed by atoms with van der Waals surface area (Å²) in [5.74, 6) is 0.522. The number of carbonyl (C=O) groups excluding carboxylic acids is 1. The number of benzene rings is 2. The van der Waals surface area contributed by atoms with Crippen molar-refractivity contribution < 1.29 is 14.5 Å².